The van der Waals surface area contributed by atoms with Crippen molar-refractivity contribution in [3.63, 3.8) is 0 Å². The highest BCUT2D eigenvalue weighted by Crippen LogP contribution is 2.31. The molecule has 2 unspecified atom stereocenters. The summed E-state index contributed by atoms with van der Waals surface area (Å²) in [6.45, 7) is 3.26. The summed E-state index contributed by atoms with van der Waals surface area (Å²) in [6, 6.07) is 5.59. The van der Waals surface area contributed by atoms with Gasteiger partial charge < -0.3 is 15.0 Å². The van der Waals surface area contributed by atoms with Crippen molar-refractivity contribution in [2.75, 3.05) is 26.0 Å². The molecule has 0 amide bonds. The number of nitrogens with zero attached hydrogens (tertiary/aromatic N) is 2. The average Bonchev–Trinajstić information content (AvgIpc) is 2.43. The highest BCUT2D eigenvalue weighted by atomic mass is 16.6. The first-order valence-corrected chi connectivity index (χ1v) is 6.80. The highest BCUT2D eigenvalue weighted by molar-refractivity contribution is 5.61. The Balaban J connectivity index is 2.11. The first kappa shape index (κ1) is 14.6. The number of ether oxygens (including phenoxy) is 1. The molecular weight excluding hydrogens is 258 g/mol. The molecule has 0 spiro atoms. The molecular formula is C14H21N3O3. The van der Waals surface area contributed by atoms with E-state index in [1.165, 1.54) is 19.2 Å². The number of benzene rings is 1. The van der Waals surface area contributed by atoms with Crippen molar-refractivity contribution in [1.29, 1.82) is 0 Å². The van der Waals surface area contributed by atoms with Crippen molar-refractivity contribution in [2.45, 2.75) is 31.8 Å². The highest BCUT2D eigenvalue weighted by Gasteiger charge is 2.23. The van der Waals surface area contributed by atoms with E-state index in [0.717, 1.165) is 25.1 Å². The van der Waals surface area contributed by atoms with E-state index in [9.17, 15) is 10.1 Å². The maximum atomic E-state index is 10.8. The number of methoxy groups -OCH3 is 1. The van der Waals surface area contributed by atoms with Crippen LogP contribution in [-0.4, -0.2) is 42.6 Å². The minimum Gasteiger partial charge on any atom is -0.494 e. The molecule has 1 fully saturated rings. The van der Waals surface area contributed by atoms with Crippen molar-refractivity contribution in [1.82, 2.24) is 4.90 Å². The quantitative estimate of drug-likeness (QED) is 0.677. The number of anilines is 1. The molecule has 0 aliphatic carbocycles. The topological polar surface area (TPSA) is 67.6 Å². The van der Waals surface area contributed by atoms with Crippen molar-refractivity contribution in [3.05, 3.63) is 28.3 Å². The van der Waals surface area contributed by atoms with Gasteiger partial charge in [0.15, 0.2) is 0 Å². The summed E-state index contributed by atoms with van der Waals surface area (Å²) in [5, 5.41) is 14.2. The molecule has 1 aliphatic heterocycles. The molecule has 6 nitrogen and oxygen atoms in total. The van der Waals surface area contributed by atoms with Gasteiger partial charge in [-0.25, -0.2) is 0 Å². The Labute approximate surface area is 118 Å². The second-order valence-corrected chi connectivity index (χ2v) is 5.34. The van der Waals surface area contributed by atoms with Gasteiger partial charge in [-0.1, -0.05) is 0 Å². The third-order valence-corrected chi connectivity index (χ3v) is 3.96. The van der Waals surface area contributed by atoms with Crippen LogP contribution in [0.1, 0.15) is 19.8 Å². The number of rotatable bonds is 4. The van der Waals surface area contributed by atoms with Gasteiger partial charge in [0, 0.05) is 24.7 Å². The Morgan fingerprint density at radius 1 is 1.50 bits per heavy atom. The lowest BCUT2D eigenvalue weighted by atomic mass is 9.98. The third-order valence-electron chi connectivity index (χ3n) is 3.96. The van der Waals surface area contributed by atoms with E-state index in [0.29, 0.717) is 17.8 Å². The molecule has 2 rings (SSSR count). The molecule has 1 heterocycles. The van der Waals surface area contributed by atoms with Crippen LogP contribution in [0.25, 0.3) is 0 Å². The van der Waals surface area contributed by atoms with Crippen LogP contribution in [0.15, 0.2) is 18.2 Å². The fourth-order valence-corrected chi connectivity index (χ4v) is 2.55. The normalized spacial score (nSPS) is 23.4. The van der Waals surface area contributed by atoms with Crippen molar-refractivity contribution >= 4 is 11.4 Å². The fraction of sp³-hybridized carbons (Fsp3) is 0.571. The Bertz CT molecular complexity index is 493. The molecule has 2 atom stereocenters. The number of hydrogen-bond acceptors (Lipinski definition) is 5. The van der Waals surface area contributed by atoms with Crippen LogP contribution in [0.3, 0.4) is 0 Å². The molecule has 0 aromatic heterocycles. The average molecular weight is 279 g/mol. The summed E-state index contributed by atoms with van der Waals surface area (Å²) in [5.41, 5.74) is 0.865. The van der Waals surface area contributed by atoms with Crippen molar-refractivity contribution in [3.8, 4) is 5.75 Å². The molecule has 1 saturated heterocycles. The molecule has 1 N–H and O–H groups in total. The third kappa shape index (κ3) is 3.19. The van der Waals surface area contributed by atoms with Gasteiger partial charge in [-0.2, -0.15) is 0 Å². The zero-order valence-electron chi connectivity index (χ0n) is 12.1. The Hall–Kier alpha value is -1.82. The van der Waals surface area contributed by atoms with Gasteiger partial charge in [0.2, 0.25) is 0 Å². The standard InChI is InChI=1S/C14H21N3O3/c1-10-8-11(6-7-16(10)2)15-13-5-4-12(17(18)19)9-14(13)20-3/h4-5,9-11,15H,6-8H2,1-3H3. The van der Waals surface area contributed by atoms with E-state index in [4.69, 9.17) is 4.74 Å². The van der Waals surface area contributed by atoms with E-state index < -0.39 is 4.92 Å². The SMILES string of the molecule is COc1cc([N+](=O)[O-])ccc1NC1CCN(C)C(C)C1. The van der Waals surface area contributed by atoms with E-state index >= 15 is 0 Å². The second kappa shape index (κ2) is 6.09. The molecule has 0 saturated carbocycles. The number of nitro benzene ring substituents is 1. The molecule has 0 radical (unpaired) electrons. The zero-order valence-corrected chi connectivity index (χ0v) is 12.1. The van der Waals surface area contributed by atoms with Crippen molar-refractivity contribution in [2.24, 2.45) is 0 Å². The number of nitro groups is 1. The van der Waals surface area contributed by atoms with Gasteiger partial charge >= 0.3 is 0 Å². The second-order valence-electron chi connectivity index (χ2n) is 5.34. The molecule has 110 valence electrons. The van der Waals surface area contributed by atoms with Crippen LogP contribution in [0, 0.1) is 10.1 Å². The predicted molar refractivity (Wildman–Crippen MR) is 78.4 cm³/mol. The van der Waals surface area contributed by atoms with Crippen LogP contribution in [0.2, 0.25) is 0 Å². The Kier molecular flexibility index (Phi) is 4.44. The van der Waals surface area contributed by atoms with E-state index in [1.807, 2.05) is 0 Å². The minimum absolute atomic E-state index is 0.0455. The smallest absolute Gasteiger partial charge is 0.273 e. The van der Waals surface area contributed by atoms with E-state index in [-0.39, 0.29) is 5.69 Å². The van der Waals surface area contributed by atoms with Crippen LogP contribution in [0.5, 0.6) is 5.75 Å². The van der Waals surface area contributed by atoms with Gasteiger partial charge in [0.1, 0.15) is 5.75 Å². The van der Waals surface area contributed by atoms with Crippen LogP contribution >= 0.6 is 0 Å². The van der Waals surface area contributed by atoms with Gasteiger partial charge in [-0.3, -0.25) is 10.1 Å². The summed E-state index contributed by atoms with van der Waals surface area (Å²) < 4.78 is 5.25. The number of piperidine rings is 1. The summed E-state index contributed by atoms with van der Waals surface area (Å²) in [7, 11) is 3.66. The van der Waals surface area contributed by atoms with E-state index in [1.54, 1.807) is 6.07 Å². The lowest BCUT2D eigenvalue weighted by Crippen LogP contribution is -2.42. The number of nitrogens with one attached hydrogen (secondary N) is 1. The summed E-state index contributed by atoms with van der Waals surface area (Å²) in [4.78, 5) is 12.7. The van der Waals surface area contributed by atoms with Gasteiger partial charge in [0.05, 0.1) is 23.8 Å². The van der Waals surface area contributed by atoms with Crippen LogP contribution in [-0.2, 0) is 0 Å². The first-order chi connectivity index (χ1) is 9.51. The summed E-state index contributed by atoms with van der Waals surface area (Å²) in [5.74, 6) is 0.519. The van der Waals surface area contributed by atoms with Crippen LogP contribution in [0.4, 0.5) is 11.4 Å². The maximum Gasteiger partial charge on any atom is 0.273 e. The monoisotopic (exact) mass is 279 g/mol. The molecule has 1 aromatic carbocycles. The first-order valence-electron chi connectivity index (χ1n) is 6.80. The molecule has 1 aromatic rings. The minimum atomic E-state index is -0.413. The maximum absolute atomic E-state index is 10.8. The Morgan fingerprint density at radius 3 is 2.85 bits per heavy atom. The number of non-ortho nitro benzene ring substituents is 1. The largest absolute Gasteiger partial charge is 0.494 e. The molecule has 6 heteroatoms. The number of hydrogen-bond donors (Lipinski definition) is 1. The predicted octanol–water partition coefficient (Wildman–Crippen LogP) is 2.50. The lowest BCUT2D eigenvalue weighted by Gasteiger charge is -2.36. The summed E-state index contributed by atoms with van der Waals surface area (Å²) >= 11 is 0. The van der Waals surface area contributed by atoms with Crippen LogP contribution < -0.4 is 10.1 Å². The molecule has 0 bridgehead atoms. The molecule has 1 aliphatic rings. The molecule has 20 heavy (non-hydrogen) atoms. The van der Waals surface area contributed by atoms with Crippen molar-refractivity contribution < 1.29 is 9.66 Å². The fourth-order valence-electron chi connectivity index (χ4n) is 2.55. The zero-order chi connectivity index (χ0) is 14.7. The lowest BCUT2D eigenvalue weighted by molar-refractivity contribution is -0.384. The number of likely N-dealkylation sites (tertiary alicyclic amines) is 1. The van der Waals surface area contributed by atoms with Gasteiger partial charge in [0.25, 0.3) is 5.69 Å². The Morgan fingerprint density at radius 2 is 2.25 bits per heavy atom. The van der Waals surface area contributed by atoms with E-state index in [2.05, 4.69) is 24.2 Å². The van der Waals surface area contributed by atoms with Gasteiger partial charge in [-0.15, -0.1) is 0 Å². The van der Waals surface area contributed by atoms with Gasteiger partial charge in [-0.05, 0) is 32.9 Å². The summed E-state index contributed by atoms with van der Waals surface area (Å²) in [6.07, 6.45) is 2.11.